The molecule has 1 saturated heterocycles. The Balaban J connectivity index is 1.25. The molecule has 0 saturated carbocycles. The van der Waals surface area contributed by atoms with Gasteiger partial charge in [-0.2, -0.15) is 0 Å². The number of carbonyl (C=O) groups is 1. The summed E-state index contributed by atoms with van der Waals surface area (Å²) in [7, 11) is 0. The number of carbonyl (C=O) groups excluding carboxylic acids is 1. The van der Waals surface area contributed by atoms with Crippen LogP contribution in [0.3, 0.4) is 0 Å². The topological polar surface area (TPSA) is 74.5 Å². The maximum absolute atomic E-state index is 12.5. The summed E-state index contributed by atoms with van der Waals surface area (Å²) in [6.45, 7) is 10.5. The molecule has 1 aliphatic heterocycles. The van der Waals surface area contributed by atoms with E-state index in [4.69, 9.17) is 4.42 Å². The molecule has 1 aromatic heterocycles. The first-order chi connectivity index (χ1) is 15.0. The molecule has 0 unspecified atom stereocenters. The average molecular weight is 420 g/mol. The minimum atomic E-state index is 0.0295. The van der Waals surface area contributed by atoms with Crippen molar-refractivity contribution in [2.24, 2.45) is 0 Å². The first kappa shape index (κ1) is 21.2. The van der Waals surface area contributed by atoms with Crippen LogP contribution in [0.5, 0.6) is 0 Å². The standard InChI is InChI=1S/C24H29N5O2/c1-17-6-4-8-20(14-17)24-27-26-23(31-24)16-29-12-10-28(11-13-29)15-22(30)25-21-9-5-7-18(2)19(21)3/h4-9,14H,10-13,15-16H2,1-3H3,(H,25,30). The normalized spacial score (nSPS) is 15.2. The lowest BCUT2D eigenvalue weighted by molar-refractivity contribution is -0.117. The lowest BCUT2D eigenvalue weighted by Crippen LogP contribution is -2.48. The van der Waals surface area contributed by atoms with Gasteiger partial charge in [0.05, 0.1) is 13.1 Å². The van der Waals surface area contributed by atoms with Gasteiger partial charge in [-0.05, 0) is 50.1 Å². The van der Waals surface area contributed by atoms with E-state index in [2.05, 4.69) is 38.3 Å². The monoisotopic (exact) mass is 419 g/mol. The Kier molecular flexibility index (Phi) is 6.44. The van der Waals surface area contributed by atoms with Crippen LogP contribution in [0.25, 0.3) is 11.5 Å². The van der Waals surface area contributed by atoms with Gasteiger partial charge in [-0.1, -0.05) is 29.8 Å². The summed E-state index contributed by atoms with van der Waals surface area (Å²) >= 11 is 0. The molecule has 7 nitrogen and oxygen atoms in total. The van der Waals surface area contributed by atoms with Crippen LogP contribution in [0, 0.1) is 20.8 Å². The first-order valence-electron chi connectivity index (χ1n) is 10.7. The molecule has 1 amide bonds. The Labute approximate surface area is 183 Å². The molecule has 1 fully saturated rings. The number of benzene rings is 2. The van der Waals surface area contributed by atoms with Gasteiger partial charge in [0.2, 0.25) is 17.7 Å². The highest BCUT2D eigenvalue weighted by atomic mass is 16.4. The van der Waals surface area contributed by atoms with Crippen LogP contribution in [0.4, 0.5) is 5.69 Å². The second-order valence-corrected chi connectivity index (χ2v) is 8.22. The van der Waals surface area contributed by atoms with Gasteiger partial charge in [-0.25, -0.2) is 0 Å². The van der Waals surface area contributed by atoms with E-state index in [0.29, 0.717) is 24.9 Å². The number of hydrogen-bond donors (Lipinski definition) is 1. The summed E-state index contributed by atoms with van der Waals surface area (Å²) < 4.78 is 5.86. The number of hydrogen-bond acceptors (Lipinski definition) is 6. The maximum atomic E-state index is 12.5. The van der Waals surface area contributed by atoms with Crippen molar-refractivity contribution < 1.29 is 9.21 Å². The second-order valence-electron chi connectivity index (χ2n) is 8.22. The van der Waals surface area contributed by atoms with E-state index in [1.54, 1.807) is 0 Å². The van der Waals surface area contributed by atoms with Crippen molar-refractivity contribution in [1.29, 1.82) is 0 Å². The minimum Gasteiger partial charge on any atom is -0.419 e. The zero-order valence-corrected chi connectivity index (χ0v) is 18.4. The second kappa shape index (κ2) is 9.41. The van der Waals surface area contributed by atoms with Crippen molar-refractivity contribution in [2.45, 2.75) is 27.3 Å². The molecule has 0 radical (unpaired) electrons. The Bertz CT molecular complexity index is 1050. The van der Waals surface area contributed by atoms with Gasteiger partial charge in [0, 0.05) is 37.4 Å². The molecule has 2 heterocycles. The number of aromatic nitrogens is 2. The molecule has 2 aromatic carbocycles. The van der Waals surface area contributed by atoms with Crippen molar-refractivity contribution in [1.82, 2.24) is 20.0 Å². The molecule has 162 valence electrons. The number of nitrogens with one attached hydrogen (secondary N) is 1. The van der Waals surface area contributed by atoms with Crippen LogP contribution >= 0.6 is 0 Å². The zero-order chi connectivity index (χ0) is 21.8. The van der Waals surface area contributed by atoms with Gasteiger partial charge >= 0.3 is 0 Å². The number of rotatable bonds is 6. The molecule has 0 aliphatic carbocycles. The van der Waals surface area contributed by atoms with Crippen LogP contribution in [0.15, 0.2) is 46.9 Å². The van der Waals surface area contributed by atoms with E-state index < -0.39 is 0 Å². The molecular weight excluding hydrogens is 390 g/mol. The molecule has 1 aliphatic rings. The minimum absolute atomic E-state index is 0.0295. The maximum Gasteiger partial charge on any atom is 0.247 e. The average Bonchev–Trinajstić information content (AvgIpc) is 3.21. The predicted octanol–water partition coefficient (Wildman–Crippen LogP) is 3.42. The predicted molar refractivity (Wildman–Crippen MR) is 121 cm³/mol. The Hall–Kier alpha value is -3.03. The van der Waals surface area contributed by atoms with Crippen molar-refractivity contribution in [3.8, 4) is 11.5 Å². The number of amides is 1. The van der Waals surface area contributed by atoms with Gasteiger partial charge in [-0.3, -0.25) is 14.6 Å². The van der Waals surface area contributed by atoms with Gasteiger partial charge < -0.3 is 9.73 Å². The molecule has 1 N–H and O–H groups in total. The fourth-order valence-corrected chi connectivity index (χ4v) is 3.79. The van der Waals surface area contributed by atoms with E-state index in [-0.39, 0.29) is 5.91 Å². The third-order valence-corrected chi connectivity index (χ3v) is 5.80. The Morgan fingerprint density at radius 3 is 2.52 bits per heavy atom. The number of piperazine rings is 1. The molecule has 7 heteroatoms. The number of anilines is 1. The van der Waals surface area contributed by atoms with Crippen molar-refractivity contribution in [2.75, 3.05) is 38.0 Å². The van der Waals surface area contributed by atoms with E-state index in [9.17, 15) is 4.79 Å². The molecular formula is C24H29N5O2. The van der Waals surface area contributed by atoms with Crippen molar-refractivity contribution >= 4 is 11.6 Å². The van der Waals surface area contributed by atoms with E-state index >= 15 is 0 Å². The zero-order valence-electron chi connectivity index (χ0n) is 18.4. The Morgan fingerprint density at radius 1 is 1.00 bits per heavy atom. The smallest absolute Gasteiger partial charge is 0.247 e. The third-order valence-electron chi connectivity index (χ3n) is 5.80. The van der Waals surface area contributed by atoms with Crippen LogP contribution in [-0.4, -0.2) is 58.6 Å². The summed E-state index contributed by atoms with van der Waals surface area (Å²) in [6, 6.07) is 14.0. The molecule has 0 atom stereocenters. The summed E-state index contributed by atoms with van der Waals surface area (Å²) in [5.74, 6) is 1.21. The highest BCUT2D eigenvalue weighted by molar-refractivity contribution is 5.93. The molecule has 31 heavy (non-hydrogen) atoms. The highest BCUT2D eigenvalue weighted by Crippen LogP contribution is 2.20. The Morgan fingerprint density at radius 2 is 1.74 bits per heavy atom. The number of aryl methyl sites for hydroxylation is 2. The van der Waals surface area contributed by atoms with Gasteiger partial charge in [-0.15, -0.1) is 10.2 Å². The summed E-state index contributed by atoms with van der Waals surface area (Å²) in [4.78, 5) is 16.9. The number of nitrogens with zero attached hydrogens (tertiary/aromatic N) is 4. The highest BCUT2D eigenvalue weighted by Gasteiger charge is 2.21. The first-order valence-corrected chi connectivity index (χ1v) is 10.7. The van der Waals surface area contributed by atoms with Crippen LogP contribution in [0.2, 0.25) is 0 Å². The lowest BCUT2D eigenvalue weighted by Gasteiger charge is -2.33. The molecule has 3 aromatic rings. The van der Waals surface area contributed by atoms with Gasteiger partial charge in [0.1, 0.15) is 0 Å². The fraction of sp³-hybridized carbons (Fsp3) is 0.375. The fourth-order valence-electron chi connectivity index (χ4n) is 3.79. The van der Waals surface area contributed by atoms with E-state index in [1.165, 1.54) is 5.56 Å². The molecule has 0 spiro atoms. The van der Waals surface area contributed by atoms with E-state index in [1.807, 2.05) is 50.2 Å². The molecule has 4 rings (SSSR count). The van der Waals surface area contributed by atoms with Gasteiger partial charge in [0.25, 0.3) is 0 Å². The summed E-state index contributed by atoms with van der Waals surface area (Å²) in [5, 5.41) is 11.4. The summed E-state index contributed by atoms with van der Waals surface area (Å²) in [5.41, 5.74) is 5.29. The molecule has 0 bridgehead atoms. The van der Waals surface area contributed by atoms with Gasteiger partial charge in [0.15, 0.2) is 0 Å². The van der Waals surface area contributed by atoms with Crippen LogP contribution < -0.4 is 5.32 Å². The van der Waals surface area contributed by atoms with Crippen LogP contribution in [0.1, 0.15) is 22.6 Å². The largest absolute Gasteiger partial charge is 0.419 e. The van der Waals surface area contributed by atoms with E-state index in [0.717, 1.165) is 48.6 Å². The lowest BCUT2D eigenvalue weighted by atomic mass is 10.1. The van der Waals surface area contributed by atoms with Crippen molar-refractivity contribution in [3.63, 3.8) is 0 Å². The third kappa shape index (κ3) is 5.37. The van der Waals surface area contributed by atoms with Crippen molar-refractivity contribution in [3.05, 3.63) is 65.0 Å². The SMILES string of the molecule is Cc1cccc(-c2nnc(CN3CCN(CC(=O)Nc4cccc(C)c4C)CC3)o2)c1. The quantitative estimate of drug-likeness (QED) is 0.660. The van der Waals surface area contributed by atoms with Crippen LogP contribution in [-0.2, 0) is 11.3 Å². The summed E-state index contributed by atoms with van der Waals surface area (Å²) in [6.07, 6.45) is 0.